The standard InChI is InChI=1S/C20H22N4O4S/c1-3-24(11-16(25)23-20(27)28-4-2)10-15-21-18(26)17-14(12-29-19(17)22-15)13-8-6-5-7-9-13/h5-9,12H,3-4,10-11H2,1-2H3,(H,21,22,26)(H,23,25,27). The van der Waals surface area contributed by atoms with Crippen LogP contribution in [-0.2, 0) is 16.1 Å². The summed E-state index contributed by atoms with van der Waals surface area (Å²) in [6.45, 7) is 4.53. The van der Waals surface area contributed by atoms with Gasteiger partial charge in [-0.2, -0.15) is 0 Å². The molecule has 8 nitrogen and oxygen atoms in total. The fourth-order valence-corrected chi connectivity index (χ4v) is 3.88. The van der Waals surface area contributed by atoms with E-state index in [0.717, 1.165) is 11.1 Å². The first-order valence-corrected chi connectivity index (χ1v) is 10.1. The fraction of sp³-hybridized carbons (Fsp3) is 0.300. The number of alkyl carbamates (subject to hydrolysis) is 1. The molecule has 0 saturated heterocycles. The number of carbonyl (C=O) groups is 2. The molecule has 0 aliphatic carbocycles. The number of carbonyl (C=O) groups excluding carboxylic acids is 2. The molecular formula is C20H22N4O4S. The first-order valence-electron chi connectivity index (χ1n) is 9.26. The van der Waals surface area contributed by atoms with Gasteiger partial charge in [0.2, 0.25) is 5.91 Å². The number of nitrogens with one attached hydrogen (secondary N) is 2. The highest BCUT2D eigenvalue weighted by molar-refractivity contribution is 7.17. The summed E-state index contributed by atoms with van der Waals surface area (Å²) in [6, 6.07) is 9.69. The Morgan fingerprint density at radius 2 is 2.00 bits per heavy atom. The lowest BCUT2D eigenvalue weighted by atomic mass is 10.1. The minimum absolute atomic E-state index is 0.0171. The Balaban J connectivity index is 1.77. The van der Waals surface area contributed by atoms with Crippen molar-refractivity contribution < 1.29 is 14.3 Å². The Kier molecular flexibility index (Phi) is 6.73. The molecule has 152 valence electrons. The monoisotopic (exact) mass is 414 g/mol. The molecule has 1 aromatic carbocycles. The second-order valence-electron chi connectivity index (χ2n) is 6.28. The van der Waals surface area contributed by atoms with Gasteiger partial charge >= 0.3 is 6.09 Å². The molecule has 0 atom stereocenters. The van der Waals surface area contributed by atoms with Crippen LogP contribution < -0.4 is 10.9 Å². The third kappa shape index (κ3) is 5.07. The highest BCUT2D eigenvalue weighted by Gasteiger charge is 2.16. The molecule has 3 rings (SSSR count). The molecule has 0 aliphatic rings. The number of aromatic amines is 1. The summed E-state index contributed by atoms with van der Waals surface area (Å²) in [6.07, 6.45) is -0.770. The van der Waals surface area contributed by atoms with Crippen molar-refractivity contribution in [1.29, 1.82) is 0 Å². The van der Waals surface area contributed by atoms with Crippen molar-refractivity contribution in [3.63, 3.8) is 0 Å². The zero-order chi connectivity index (χ0) is 20.8. The summed E-state index contributed by atoms with van der Waals surface area (Å²) in [5, 5.41) is 4.65. The first kappa shape index (κ1) is 20.7. The van der Waals surface area contributed by atoms with Crippen molar-refractivity contribution in [3.05, 3.63) is 51.9 Å². The molecule has 9 heteroatoms. The number of benzene rings is 1. The van der Waals surface area contributed by atoms with Crippen LogP contribution in [0.4, 0.5) is 4.79 Å². The van der Waals surface area contributed by atoms with E-state index in [1.807, 2.05) is 42.6 Å². The van der Waals surface area contributed by atoms with E-state index in [-0.39, 0.29) is 25.3 Å². The Labute approximate surface area is 171 Å². The Hall–Kier alpha value is -3.04. The molecule has 2 heterocycles. The SMILES string of the molecule is CCOC(=O)NC(=O)CN(CC)Cc1nc2scc(-c3ccccc3)c2c(=O)[nH]1. The van der Waals surface area contributed by atoms with Crippen LogP contribution in [0, 0.1) is 0 Å². The summed E-state index contributed by atoms with van der Waals surface area (Å²) in [5.41, 5.74) is 1.61. The average molecular weight is 414 g/mol. The maximum absolute atomic E-state index is 12.7. The lowest BCUT2D eigenvalue weighted by molar-refractivity contribution is -0.121. The van der Waals surface area contributed by atoms with Gasteiger partial charge in [-0.05, 0) is 19.0 Å². The number of hydrogen-bond donors (Lipinski definition) is 2. The third-order valence-electron chi connectivity index (χ3n) is 4.28. The predicted octanol–water partition coefficient (Wildman–Crippen LogP) is 2.75. The number of hydrogen-bond acceptors (Lipinski definition) is 7. The van der Waals surface area contributed by atoms with E-state index in [0.29, 0.717) is 22.6 Å². The number of ether oxygens (including phenoxy) is 1. The minimum Gasteiger partial charge on any atom is -0.450 e. The molecule has 2 amide bonds. The number of aromatic nitrogens is 2. The quantitative estimate of drug-likeness (QED) is 0.616. The number of amides is 2. The van der Waals surface area contributed by atoms with E-state index in [1.165, 1.54) is 11.3 Å². The van der Waals surface area contributed by atoms with Gasteiger partial charge in [-0.1, -0.05) is 37.3 Å². The molecule has 0 saturated carbocycles. The number of H-pyrrole nitrogens is 1. The second kappa shape index (κ2) is 9.44. The van der Waals surface area contributed by atoms with Crippen LogP contribution in [0.15, 0.2) is 40.5 Å². The molecule has 0 fully saturated rings. The molecule has 2 N–H and O–H groups in total. The molecular weight excluding hydrogens is 392 g/mol. The topological polar surface area (TPSA) is 104 Å². The van der Waals surface area contributed by atoms with Crippen LogP contribution in [0.1, 0.15) is 19.7 Å². The maximum atomic E-state index is 12.7. The van der Waals surface area contributed by atoms with Crippen LogP contribution in [0.5, 0.6) is 0 Å². The highest BCUT2D eigenvalue weighted by atomic mass is 32.1. The third-order valence-corrected chi connectivity index (χ3v) is 5.15. The molecule has 3 aromatic rings. The number of imide groups is 1. The number of rotatable bonds is 7. The van der Waals surface area contributed by atoms with Gasteiger partial charge in [0.05, 0.1) is 25.1 Å². The number of thiophene rings is 1. The van der Waals surface area contributed by atoms with Crippen molar-refractivity contribution in [2.45, 2.75) is 20.4 Å². The fourth-order valence-electron chi connectivity index (χ4n) is 2.91. The Morgan fingerprint density at radius 1 is 1.24 bits per heavy atom. The normalized spacial score (nSPS) is 11.0. The highest BCUT2D eigenvalue weighted by Crippen LogP contribution is 2.30. The van der Waals surface area contributed by atoms with E-state index in [9.17, 15) is 14.4 Å². The Morgan fingerprint density at radius 3 is 2.69 bits per heavy atom. The summed E-state index contributed by atoms with van der Waals surface area (Å²) < 4.78 is 4.70. The van der Waals surface area contributed by atoms with Crippen molar-refractivity contribution in [1.82, 2.24) is 20.2 Å². The van der Waals surface area contributed by atoms with E-state index in [1.54, 1.807) is 11.8 Å². The molecule has 0 aliphatic heterocycles. The van der Waals surface area contributed by atoms with Gasteiger partial charge in [-0.15, -0.1) is 11.3 Å². The molecule has 0 unspecified atom stereocenters. The summed E-state index contributed by atoms with van der Waals surface area (Å²) in [5.74, 6) is -0.00837. The largest absolute Gasteiger partial charge is 0.450 e. The van der Waals surface area contributed by atoms with E-state index >= 15 is 0 Å². The predicted molar refractivity (Wildman–Crippen MR) is 112 cm³/mol. The van der Waals surface area contributed by atoms with Gasteiger partial charge < -0.3 is 9.72 Å². The molecule has 2 aromatic heterocycles. The van der Waals surface area contributed by atoms with Gasteiger partial charge in [-0.3, -0.25) is 19.8 Å². The summed E-state index contributed by atoms with van der Waals surface area (Å²) >= 11 is 1.41. The van der Waals surface area contributed by atoms with Crippen LogP contribution >= 0.6 is 11.3 Å². The van der Waals surface area contributed by atoms with Gasteiger partial charge in [0, 0.05) is 10.9 Å². The van der Waals surface area contributed by atoms with Gasteiger partial charge in [-0.25, -0.2) is 9.78 Å². The maximum Gasteiger partial charge on any atom is 0.413 e. The van der Waals surface area contributed by atoms with Crippen molar-refractivity contribution >= 4 is 33.6 Å². The lowest BCUT2D eigenvalue weighted by Crippen LogP contribution is -2.40. The van der Waals surface area contributed by atoms with Crippen molar-refractivity contribution in [2.75, 3.05) is 19.7 Å². The molecule has 0 spiro atoms. The Bertz CT molecular complexity index is 1060. The van der Waals surface area contributed by atoms with Gasteiger partial charge in [0.25, 0.3) is 5.56 Å². The zero-order valence-corrected chi connectivity index (χ0v) is 17.0. The number of nitrogens with zero attached hydrogens (tertiary/aromatic N) is 2. The van der Waals surface area contributed by atoms with Gasteiger partial charge in [0.15, 0.2) is 0 Å². The van der Waals surface area contributed by atoms with Crippen molar-refractivity contribution in [2.24, 2.45) is 0 Å². The number of fused-ring (bicyclic) bond motifs is 1. The molecule has 29 heavy (non-hydrogen) atoms. The van der Waals surface area contributed by atoms with Gasteiger partial charge in [0.1, 0.15) is 10.7 Å². The molecule has 0 radical (unpaired) electrons. The second-order valence-corrected chi connectivity index (χ2v) is 7.14. The summed E-state index contributed by atoms with van der Waals surface area (Å²) in [7, 11) is 0. The van der Waals surface area contributed by atoms with E-state index in [2.05, 4.69) is 15.3 Å². The van der Waals surface area contributed by atoms with Crippen LogP contribution in [0.2, 0.25) is 0 Å². The van der Waals surface area contributed by atoms with Crippen LogP contribution in [-0.4, -0.2) is 46.6 Å². The smallest absolute Gasteiger partial charge is 0.413 e. The van der Waals surface area contributed by atoms with E-state index < -0.39 is 12.0 Å². The van der Waals surface area contributed by atoms with E-state index in [4.69, 9.17) is 4.74 Å². The summed E-state index contributed by atoms with van der Waals surface area (Å²) in [4.78, 5) is 45.9. The van der Waals surface area contributed by atoms with Crippen molar-refractivity contribution in [3.8, 4) is 11.1 Å². The first-order chi connectivity index (χ1) is 14.0. The average Bonchev–Trinajstić information content (AvgIpc) is 3.12. The number of likely N-dealkylation sites (N-methyl/N-ethyl adjacent to an activating group) is 1. The minimum atomic E-state index is -0.770. The molecule has 0 bridgehead atoms. The van der Waals surface area contributed by atoms with Crippen LogP contribution in [0.3, 0.4) is 0 Å². The zero-order valence-electron chi connectivity index (χ0n) is 16.2. The lowest BCUT2D eigenvalue weighted by Gasteiger charge is -2.18. The van der Waals surface area contributed by atoms with Crippen LogP contribution in [0.25, 0.3) is 21.3 Å².